The van der Waals surface area contributed by atoms with Crippen LogP contribution in [0.25, 0.3) is 10.2 Å². The van der Waals surface area contributed by atoms with Gasteiger partial charge in [0.1, 0.15) is 5.01 Å². The van der Waals surface area contributed by atoms with Crippen molar-refractivity contribution in [1.29, 1.82) is 0 Å². The van der Waals surface area contributed by atoms with E-state index in [9.17, 15) is 0 Å². The van der Waals surface area contributed by atoms with E-state index in [1.54, 1.807) is 11.3 Å². The maximum Gasteiger partial charge on any atom is 0.109 e. The fourth-order valence-electron chi connectivity index (χ4n) is 1.08. The highest BCUT2D eigenvalue weighted by Crippen LogP contribution is 2.20. The number of nitrogens with one attached hydrogen (secondary N) is 1. The van der Waals surface area contributed by atoms with Crippen molar-refractivity contribution in [3.05, 3.63) is 29.3 Å². The summed E-state index contributed by atoms with van der Waals surface area (Å²) in [5, 5.41) is 1.03. The molecule has 1 aromatic carbocycles. The first-order valence-corrected chi connectivity index (χ1v) is 4.50. The van der Waals surface area contributed by atoms with E-state index < -0.39 is 0 Å². The van der Waals surface area contributed by atoms with E-state index in [0.717, 1.165) is 10.5 Å². The fourth-order valence-corrected chi connectivity index (χ4v) is 2.00. The predicted octanol–water partition coefficient (Wildman–Crippen LogP) is 1.26. The van der Waals surface area contributed by atoms with Crippen LogP contribution in [0.2, 0.25) is 0 Å². The van der Waals surface area contributed by atoms with E-state index in [2.05, 4.69) is 16.5 Å². The van der Waals surface area contributed by atoms with Gasteiger partial charge in [-0.25, -0.2) is 4.98 Å². The van der Waals surface area contributed by atoms with Crippen LogP contribution < -0.4 is 11.3 Å². The summed E-state index contributed by atoms with van der Waals surface area (Å²) in [4.78, 5) is 4.38. The molecule has 0 aliphatic rings. The Morgan fingerprint density at radius 3 is 3.00 bits per heavy atom. The van der Waals surface area contributed by atoms with Gasteiger partial charge in [0.25, 0.3) is 0 Å². The molecular weight excluding hydrogens is 170 g/mol. The number of nitrogens with two attached hydrogens (primary N) is 1. The lowest BCUT2D eigenvalue weighted by molar-refractivity contribution is 0.738. The minimum atomic E-state index is 0.638. The first-order chi connectivity index (χ1) is 5.90. The largest absolute Gasteiger partial charge is 0.271 e. The molecule has 3 nitrogen and oxygen atoms in total. The standard InChI is InChI=1S/C8H9N3S/c9-10-5-8-11-6-3-1-2-4-7(6)12-8/h1-4,10H,5,9H2. The molecule has 62 valence electrons. The second kappa shape index (κ2) is 3.18. The molecule has 0 saturated carbocycles. The smallest absolute Gasteiger partial charge is 0.109 e. The lowest BCUT2D eigenvalue weighted by atomic mass is 10.3. The number of fused-ring (bicyclic) bond motifs is 1. The van der Waals surface area contributed by atoms with Crippen molar-refractivity contribution in [3.63, 3.8) is 0 Å². The van der Waals surface area contributed by atoms with Crippen molar-refractivity contribution in [1.82, 2.24) is 10.4 Å². The van der Waals surface area contributed by atoms with E-state index >= 15 is 0 Å². The Bertz CT molecular complexity index is 349. The Morgan fingerprint density at radius 2 is 2.25 bits per heavy atom. The van der Waals surface area contributed by atoms with Crippen molar-refractivity contribution in [2.24, 2.45) is 5.84 Å². The van der Waals surface area contributed by atoms with Crippen LogP contribution >= 0.6 is 11.3 Å². The van der Waals surface area contributed by atoms with Gasteiger partial charge in [-0.2, -0.15) is 0 Å². The molecule has 4 heteroatoms. The van der Waals surface area contributed by atoms with E-state index in [1.165, 1.54) is 4.70 Å². The van der Waals surface area contributed by atoms with Crippen molar-refractivity contribution in [3.8, 4) is 0 Å². The molecule has 3 N–H and O–H groups in total. The third kappa shape index (κ3) is 1.32. The number of hydrogen-bond donors (Lipinski definition) is 2. The minimum absolute atomic E-state index is 0.638. The first kappa shape index (κ1) is 7.67. The molecule has 0 atom stereocenters. The minimum Gasteiger partial charge on any atom is -0.271 e. The lowest BCUT2D eigenvalue weighted by Gasteiger charge is -1.88. The number of rotatable bonds is 2. The summed E-state index contributed by atoms with van der Waals surface area (Å²) in [6.45, 7) is 0.638. The normalized spacial score (nSPS) is 10.8. The molecule has 1 heterocycles. The summed E-state index contributed by atoms with van der Waals surface area (Å²) < 4.78 is 1.21. The van der Waals surface area contributed by atoms with Crippen molar-refractivity contribution >= 4 is 21.6 Å². The number of aromatic nitrogens is 1. The van der Waals surface area contributed by atoms with Gasteiger partial charge in [0.2, 0.25) is 0 Å². The summed E-state index contributed by atoms with van der Waals surface area (Å²) in [6.07, 6.45) is 0. The van der Waals surface area contributed by atoms with E-state index in [0.29, 0.717) is 6.54 Å². The van der Waals surface area contributed by atoms with Crippen LogP contribution in [0.1, 0.15) is 5.01 Å². The highest BCUT2D eigenvalue weighted by molar-refractivity contribution is 7.18. The van der Waals surface area contributed by atoms with Crippen LogP contribution in [-0.4, -0.2) is 4.98 Å². The van der Waals surface area contributed by atoms with Crippen molar-refractivity contribution in [2.45, 2.75) is 6.54 Å². The summed E-state index contributed by atoms with van der Waals surface area (Å²) >= 11 is 1.67. The van der Waals surface area contributed by atoms with Crippen LogP contribution in [0.3, 0.4) is 0 Å². The van der Waals surface area contributed by atoms with Gasteiger partial charge >= 0.3 is 0 Å². The van der Waals surface area contributed by atoms with Crippen molar-refractivity contribution < 1.29 is 0 Å². The predicted molar refractivity (Wildman–Crippen MR) is 50.6 cm³/mol. The quantitative estimate of drug-likeness (QED) is 0.539. The Labute approximate surface area is 74.2 Å². The third-order valence-corrected chi connectivity index (χ3v) is 2.63. The SMILES string of the molecule is NNCc1nc2ccccc2s1. The molecule has 12 heavy (non-hydrogen) atoms. The molecule has 0 saturated heterocycles. The molecule has 0 aliphatic carbocycles. The monoisotopic (exact) mass is 179 g/mol. The molecule has 2 rings (SSSR count). The second-order valence-corrected chi connectivity index (χ2v) is 3.57. The second-order valence-electron chi connectivity index (χ2n) is 2.46. The number of benzene rings is 1. The van der Waals surface area contributed by atoms with Crippen LogP contribution in [0.4, 0.5) is 0 Å². The molecule has 0 radical (unpaired) electrons. The summed E-state index contributed by atoms with van der Waals surface area (Å²) in [5.74, 6) is 5.20. The average Bonchev–Trinajstić information content (AvgIpc) is 2.47. The van der Waals surface area contributed by atoms with Crippen LogP contribution in [0.15, 0.2) is 24.3 Å². The van der Waals surface area contributed by atoms with Crippen molar-refractivity contribution in [2.75, 3.05) is 0 Å². The van der Waals surface area contributed by atoms with Crippen LogP contribution in [-0.2, 0) is 6.54 Å². The van der Waals surface area contributed by atoms with Gasteiger partial charge in [-0.15, -0.1) is 11.3 Å². The summed E-state index contributed by atoms with van der Waals surface area (Å²) in [6, 6.07) is 8.07. The van der Waals surface area contributed by atoms with Gasteiger partial charge in [0, 0.05) is 0 Å². The summed E-state index contributed by atoms with van der Waals surface area (Å²) in [5.41, 5.74) is 3.64. The average molecular weight is 179 g/mol. The Balaban J connectivity index is 2.47. The summed E-state index contributed by atoms with van der Waals surface area (Å²) in [7, 11) is 0. The lowest BCUT2D eigenvalue weighted by Crippen LogP contribution is -2.20. The molecule has 0 unspecified atom stereocenters. The van der Waals surface area contributed by atoms with Gasteiger partial charge < -0.3 is 0 Å². The van der Waals surface area contributed by atoms with Gasteiger partial charge in [-0.05, 0) is 12.1 Å². The maximum atomic E-state index is 5.20. The number of hydrogen-bond acceptors (Lipinski definition) is 4. The van der Waals surface area contributed by atoms with E-state index in [4.69, 9.17) is 5.84 Å². The number of hydrazine groups is 1. The Hall–Kier alpha value is -0.970. The molecule has 0 bridgehead atoms. The zero-order chi connectivity index (χ0) is 8.39. The number of nitrogens with zero attached hydrogens (tertiary/aromatic N) is 1. The molecule has 2 aromatic rings. The van der Waals surface area contributed by atoms with Gasteiger partial charge in [-0.1, -0.05) is 12.1 Å². The van der Waals surface area contributed by atoms with Gasteiger partial charge in [0.05, 0.1) is 16.8 Å². The highest BCUT2D eigenvalue weighted by Gasteiger charge is 2.00. The zero-order valence-electron chi connectivity index (χ0n) is 6.45. The molecule has 0 fully saturated rings. The van der Waals surface area contributed by atoms with Crippen LogP contribution in [0, 0.1) is 0 Å². The molecule has 1 aromatic heterocycles. The van der Waals surface area contributed by atoms with E-state index in [1.807, 2.05) is 18.2 Å². The molecular formula is C8H9N3S. The molecule has 0 amide bonds. The maximum absolute atomic E-state index is 5.20. The Morgan fingerprint density at radius 1 is 1.42 bits per heavy atom. The zero-order valence-corrected chi connectivity index (χ0v) is 7.27. The topological polar surface area (TPSA) is 50.9 Å². The van der Waals surface area contributed by atoms with Gasteiger partial charge in [-0.3, -0.25) is 11.3 Å². The first-order valence-electron chi connectivity index (χ1n) is 3.68. The third-order valence-electron chi connectivity index (χ3n) is 1.59. The molecule has 0 aliphatic heterocycles. The van der Waals surface area contributed by atoms with Crippen LogP contribution in [0.5, 0.6) is 0 Å². The Kier molecular flexibility index (Phi) is 2.03. The number of para-hydroxylation sites is 1. The fraction of sp³-hybridized carbons (Fsp3) is 0.125. The van der Waals surface area contributed by atoms with Gasteiger partial charge in [0.15, 0.2) is 0 Å². The van der Waals surface area contributed by atoms with E-state index in [-0.39, 0.29) is 0 Å². The molecule has 0 spiro atoms. The highest BCUT2D eigenvalue weighted by atomic mass is 32.1. The number of thiazole rings is 1.